The molecule has 0 bridgehead atoms. The quantitative estimate of drug-likeness (QED) is 0.717. The Labute approximate surface area is 102 Å². The van der Waals surface area contributed by atoms with Gasteiger partial charge in [-0.2, -0.15) is 0 Å². The number of fused-ring (bicyclic) bond motifs is 1. The van der Waals surface area contributed by atoms with Crippen LogP contribution in [-0.2, 0) is 0 Å². The third-order valence-electron chi connectivity index (χ3n) is 2.48. The van der Waals surface area contributed by atoms with E-state index >= 15 is 0 Å². The normalized spacial score (nSPS) is 10.9. The fourth-order valence-electron chi connectivity index (χ4n) is 1.71. The van der Waals surface area contributed by atoms with E-state index in [1.807, 2.05) is 10.5 Å². The monoisotopic (exact) mass is 245 g/mol. The van der Waals surface area contributed by atoms with Crippen LogP contribution in [0.15, 0.2) is 42.6 Å². The van der Waals surface area contributed by atoms with Gasteiger partial charge >= 0.3 is 0 Å². The maximum atomic E-state index is 9.45. The predicted molar refractivity (Wildman–Crippen MR) is 65.1 cm³/mol. The van der Waals surface area contributed by atoms with Crippen LogP contribution in [0.25, 0.3) is 17.0 Å². The van der Waals surface area contributed by atoms with Gasteiger partial charge < -0.3 is 5.11 Å². The number of rotatable bonds is 1. The molecular formula is C12H8ClN3O. The van der Waals surface area contributed by atoms with Crippen LogP contribution in [-0.4, -0.2) is 19.7 Å². The number of halogens is 1. The Morgan fingerprint density at radius 2 is 2.00 bits per heavy atom. The Balaban J connectivity index is 2.24. The molecule has 0 atom stereocenters. The second-order valence-electron chi connectivity index (χ2n) is 3.65. The lowest BCUT2D eigenvalue weighted by molar-refractivity contribution is 0.475. The van der Waals surface area contributed by atoms with Crippen LogP contribution in [0.1, 0.15) is 0 Å². The molecule has 3 aromatic rings. The van der Waals surface area contributed by atoms with Crippen molar-refractivity contribution in [2.75, 3.05) is 0 Å². The molecule has 2 aromatic heterocycles. The highest BCUT2D eigenvalue weighted by atomic mass is 35.5. The zero-order chi connectivity index (χ0) is 11.8. The number of phenolic OH excluding ortho intramolecular Hbond substituents is 1. The molecule has 0 unspecified atom stereocenters. The fraction of sp³-hybridized carbons (Fsp3) is 0. The smallest absolute Gasteiger partial charge is 0.168 e. The Morgan fingerprint density at radius 3 is 2.82 bits per heavy atom. The topological polar surface area (TPSA) is 50.4 Å². The van der Waals surface area contributed by atoms with Crippen LogP contribution in [0.2, 0.25) is 5.02 Å². The lowest BCUT2D eigenvalue weighted by Gasteiger charge is -2.00. The average molecular weight is 246 g/mol. The zero-order valence-electron chi connectivity index (χ0n) is 8.71. The van der Waals surface area contributed by atoms with Crippen LogP contribution in [0, 0.1) is 0 Å². The van der Waals surface area contributed by atoms with Crippen LogP contribution in [0.3, 0.4) is 0 Å². The number of hydrogen-bond donors (Lipinski definition) is 1. The average Bonchev–Trinajstić information content (AvgIpc) is 2.71. The standard InChI is InChI=1S/C12H8ClN3O/c13-9-4-5-16-11(7-9)14-15-12(16)8-2-1-3-10(17)6-8/h1-7,17H. The molecule has 84 valence electrons. The molecule has 3 rings (SSSR count). The van der Waals surface area contributed by atoms with Crippen molar-refractivity contribution in [3.05, 3.63) is 47.6 Å². The number of aromatic nitrogens is 3. The van der Waals surface area contributed by atoms with Gasteiger partial charge in [-0.25, -0.2) is 0 Å². The van der Waals surface area contributed by atoms with E-state index in [1.54, 1.807) is 36.5 Å². The molecule has 4 nitrogen and oxygen atoms in total. The first-order valence-corrected chi connectivity index (χ1v) is 5.41. The maximum Gasteiger partial charge on any atom is 0.168 e. The molecule has 0 fully saturated rings. The first-order chi connectivity index (χ1) is 8.24. The van der Waals surface area contributed by atoms with Crippen LogP contribution >= 0.6 is 11.6 Å². The molecule has 0 aliphatic rings. The van der Waals surface area contributed by atoms with E-state index in [9.17, 15) is 5.11 Å². The van der Waals surface area contributed by atoms with E-state index in [2.05, 4.69) is 10.2 Å². The highest BCUT2D eigenvalue weighted by Gasteiger charge is 2.08. The van der Waals surface area contributed by atoms with E-state index < -0.39 is 0 Å². The van der Waals surface area contributed by atoms with Crippen molar-refractivity contribution in [2.24, 2.45) is 0 Å². The molecular weight excluding hydrogens is 238 g/mol. The van der Waals surface area contributed by atoms with Gasteiger partial charge in [-0.3, -0.25) is 4.40 Å². The van der Waals surface area contributed by atoms with Gasteiger partial charge in [0, 0.05) is 22.8 Å². The Morgan fingerprint density at radius 1 is 1.12 bits per heavy atom. The van der Waals surface area contributed by atoms with Gasteiger partial charge in [0.1, 0.15) is 5.75 Å². The van der Waals surface area contributed by atoms with Crippen molar-refractivity contribution in [2.45, 2.75) is 0 Å². The summed E-state index contributed by atoms with van der Waals surface area (Å²) >= 11 is 5.88. The van der Waals surface area contributed by atoms with Gasteiger partial charge in [-0.15, -0.1) is 10.2 Å². The lowest BCUT2D eigenvalue weighted by Crippen LogP contribution is -1.88. The largest absolute Gasteiger partial charge is 0.508 e. The third kappa shape index (κ3) is 1.72. The molecule has 1 aromatic carbocycles. The highest BCUT2D eigenvalue weighted by molar-refractivity contribution is 6.30. The molecule has 0 aliphatic heterocycles. The van der Waals surface area contributed by atoms with Gasteiger partial charge in [-0.1, -0.05) is 23.7 Å². The third-order valence-corrected chi connectivity index (χ3v) is 2.71. The van der Waals surface area contributed by atoms with E-state index in [0.717, 1.165) is 5.56 Å². The van der Waals surface area contributed by atoms with Gasteiger partial charge in [0.15, 0.2) is 11.5 Å². The first kappa shape index (κ1) is 10.1. The molecule has 0 radical (unpaired) electrons. The number of nitrogens with zero attached hydrogens (tertiary/aromatic N) is 3. The molecule has 2 heterocycles. The van der Waals surface area contributed by atoms with Gasteiger partial charge in [0.2, 0.25) is 0 Å². The summed E-state index contributed by atoms with van der Waals surface area (Å²) in [5.41, 5.74) is 1.48. The predicted octanol–water partition coefficient (Wildman–Crippen LogP) is 2.76. The van der Waals surface area contributed by atoms with Gasteiger partial charge in [-0.05, 0) is 18.2 Å². The van der Waals surface area contributed by atoms with Crippen molar-refractivity contribution in [3.63, 3.8) is 0 Å². The summed E-state index contributed by atoms with van der Waals surface area (Å²) in [5.74, 6) is 0.876. The summed E-state index contributed by atoms with van der Waals surface area (Å²) in [6, 6.07) is 10.4. The summed E-state index contributed by atoms with van der Waals surface area (Å²) in [6.07, 6.45) is 1.80. The molecule has 0 saturated heterocycles. The molecule has 0 amide bonds. The maximum absolute atomic E-state index is 9.45. The second kappa shape index (κ2) is 3.75. The summed E-state index contributed by atoms with van der Waals surface area (Å²) in [5, 5.41) is 18.2. The SMILES string of the molecule is Oc1cccc(-c2nnc3cc(Cl)ccn23)c1. The zero-order valence-corrected chi connectivity index (χ0v) is 9.46. The summed E-state index contributed by atoms with van der Waals surface area (Å²) in [6.45, 7) is 0. The van der Waals surface area contributed by atoms with Crippen LogP contribution in [0.5, 0.6) is 5.75 Å². The van der Waals surface area contributed by atoms with E-state index in [4.69, 9.17) is 11.6 Å². The highest BCUT2D eigenvalue weighted by Crippen LogP contribution is 2.23. The minimum atomic E-state index is 0.202. The number of phenols is 1. The van der Waals surface area contributed by atoms with E-state index in [-0.39, 0.29) is 5.75 Å². The lowest BCUT2D eigenvalue weighted by atomic mass is 10.2. The molecule has 0 aliphatic carbocycles. The Kier molecular flexibility index (Phi) is 2.23. The van der Waals surface area contributed by atoms with Crippen molar-refractivity contribution in [3.8, 4) is 17.1 Å². The number of hydrogen-bond acceptors (Lipinski definition) is 3. The molecule has 1 N–H and O–H groups in total. The minimum Gasteiger partial charge on any atom is -0.508 e. The summed E-state index contributed by atoms with van der Waals surface area (Å²) in [7, 11) is 0. The Hall–Kier alpha value is -2.07. The molecule has 0 saturated carbocycles. The van der Waals surface area contributed by atoms with E-state index in [0.29, 0.717) is 16.5 Å². The summed E-state index contributed by atoms with van der Waals surface area (Å²) in [4.78, 5) is 0. The van der Waals surface area contributed by atoms with Gasteiger partial charge in [0.25, 0.3) is 0 Å². The molecule has 5 heteroatoms. The molecule has 17 heavy (non-hydrogen) atoms. The van der Waals surface area contributed by atoms with Gasteiger partial charge in [0.05, 0.1) is 0 Å². The van der Waals surface area contributed by atoms with Crippen molar-refractivity contribution < 1.29 is 5.11 Å². The van der Waals surface area contributed by atoms with Crippen LogP contribution < -0.4 is 0 Å². The second-order valence-corrected chi connectivity index (χ2v) is 4.08. The number of benzene rings is 1. The Bertz CT molecular complexity index is 693. The van der Waals surface area contributed by atoms with Crippen molar-refractivity contribution in [1.82, 2.24) is 14.6 Å². The number of pyridine rings is 1. The van der Waals surface area contributed by atoms with Crippen LogP contribution in [0.4, 0.5) is 0 Å². The fourth-order valence-corrected chi connectivity index (χ4v) is 1.86. The number of aromatic hydroxyl groups is 1. The molecule has 0 spiro atoms. The van der Waals surface area contributed by atoms with Crippen molar-refractivity contribution in [1.29, 1.82) is 0 Å². The summed E-state index contributed by atoms with van der Waals surface area (Å²) < 4.78 is 1.82. The first-order valence-electron chi connectivity index (χ1n) is 5.04. The van der Waals surface area contributed by atoms with E-state index in [1.165, 1.54) is 0 Å². The minimum absolute atomic E-state index is 0.202. The van der Waals surface area contributed by atoms with Crippen molar-refractivity contribution >= 4 is 17.2 Å².